The van der Waals surface area contributed by atoms with Gasteiger partial charge >= 0.3 is 0 Å². The van der Waals surface area contributed by atoms with E-state index in [4.69, 9.17) is 14.2 Å². The molecule has 0 unspecified atom stereocenters. The monoisotopic (exact) mass is 347 g/mol. The van der Waals surface area contributed by atoms with Crippen molar-refractivity contribution in [1.82, 2.24) is 0 Å². The van der Waals surface area contributed by atoms with Crippen LogP contribution >= 0.6 is 0 Å². The quantitative estimate of drug-likeness (QED) is 0.468. The van der Waals surface area contributed by atoms with E-state index in [1.807, 2.05) is 0 Å². The minimum Gasteiger partial charge on any atom is -0.488 e. The number of fused-ring (bicyclic) bond motifs is 1. The number of ketones is 1. The van der Waals surface area contributed by atoms with Gasteiger partial charge in [-0.2, -0.15) is 0 Å². The zero-order valence-corrected chi connectivity index (χ0v) is 13.3. The molecule has 8 heteroatoms. The minimum atomic E-state index is -0.550. The number of Topliss-reactive ketones (excluding diaryl/α,β-unsaturated/α-hetero) is 1. The van der Waals surface area contributed by atoms with Crippen LogP contribution in [0.4, 0.5) is 10.1 Å². The molecular formula is C17H14FNO6. The Morgan fingerprint density at radius 2 is 2.16 bits per heavy atom. The smallest absolute Gasteiger partial charge is 0.270 e. The van der Waals surface area contributed by atoms with Gasteiger partial charge in [0.1, 0.15) is 23.9 Å². The number of ether oxygens (including phenoxy) is 3. The summed E-state index contributed by atoms with van der Waals surface area (Å²) in [6.45, 7) is 1.46. The predicted octanol–water partition coefficient (Wildman–Crippen LogP) is 3.38. The van der Waals surface area contributed by atoms with Crippen molar-refractivity contribution in [2.75, 3.05) is 6.79 Å². The maximum atomic E-state index is 13.3. The lowest BCUT2D eigenvalue weighted by Gasteiger charge is -2.21. The van der Waals surface area contributed by atoms with Gasteiger partial charge in [-0.15, -0.1) is 0 Å². The van der Waals surface area contributed by atoms with Crippen LogP contribution in [0, 0.1) is 15.9 Å². The van der Waals surface area contributed by atoms with Gasteiger partial charge in [0.2, 0.25) is 0 Å². The first kappa shape index (κ1) is 16.8. The molecule has 0 amide bonds. The number of rotatable bonds is 5. The molecule has 0 radical (unpaired) electrons. The van der Waals surface area contributed by atoms with Crippen LogP contribution in [0.15, 0.2) is 30.3 Å². The molecule has 0 N–H and O–H groups in total. The summed E-state index contributed by atoms with van der Waals surface area (Å²) in [6, 6.07) is 6.35. The van der Waals surface area contributed by atoms with Crippen LogP contribution in [0.3, 0.4) is 0 Å². The van der Waals surface area contributed by atoms with Crippen LogP contribution in [0.25, 0.3) is 0 Å². The van der Waals surface area contributed by atoms with Crippen molar-refractivity contribution in [3.8, 4) is 11.5 Å². The minimum absolute atomic E-state index is 0.0348. The summed E-state index contributed by atoms with van der Waals surface area (Å²) < 4.78 is 29.5. The highest BCUT2D eigenvalue weighted by Gasteiger charge is 2.21. The number of nitro groups is 1. The van der Waals surface area contributed by atoms with E-state index in [9.17, 15) is 19.3 Å². The Morgan fingerprint density at radius 1 is 1.36 bits per heavy atom. The fraction of sp³-hybridized carbons (Fsp3) is 0.235. The molecule has 1 aliphatic heterocycles. The van der Waals surface area contributed by atoms with E-state index < -0.39 is 10.7 Å². The average Bonchev–Trinajstić information content (AvgIpc) is 2.59. The lowest BCUT2D eigenvalue weighted by atomic mass is 10.1. The normalized spacial score (nSPS) is 12.9. The molecule has 130 valence electrons. The molecule has 7 nitrogen and oxygen atoms in total. The molecule has 2 aromatic carbocycles. The molecule has 0 saturated heterocycles. The van der Waals surface area contributed by atoms with E-state index >= 15 is 0 Å². The highest BCUT2D eigenvalue weighted by molar-refractivity contribution is 5.96. The third kappa shape index (κ3) is 3.58. The van der Waals surface area contributed by atoms with E-state index in [-0.39, 0.29) is 42.8 Å². The van der Waals surface area contributed by atoms with Gasteiger partial charge in [0.15, 0.2) is 12.6 Å². The molecule has 25 heavy (non-hydrogen) atoms. The third-order valence-corrected chi connectivity index (χ3v) is 3.69. The highest BCUT2D eigenvalue weighted by Crippen LogP contribution is 2.33. The Hall–Kier alpha value is -3.00. The SMILES string of the molecule is CC(=O)c1cc(F)ccc1OCc1cc([N+](=O)[O-])cc2c1OCOC2. The van der Waals surface area contributed by atoms with Crippen molar-refractivity contribution >= 4 is 11.5 Å². The molecule has 0 atom stereocenters. The maximum absolute atomic E-state index is 13.3. The number of nitrogens with zero attached hydrogens (tertiary/aromatic N) is 1. The molecular weight excluding hydrogens is 333 g/mol. The number of benzene rings is 2. The van der Waals surface area contributed by atoms with Crippen LogP contribution in [-0.2, 0) is 18.0 Å². The van der Waals surface area contributed by atoms with Gasteiger partial charge < -0.3 is 14.2 Å². The molecule has 0 fully saturated rings. The molecule has 0 saturated carbocycles. The number of hydrogen-bond acceptors (Lipinski definition) is 6. The molecule has 3 rings (SSSR count). The van der Waals surface area contributed by atoms with Crippen molar-refractivity contribution in [1.29, 1.82) is 0 Å². The van der Waals surface area contributed by atoms with Crippen molar-refractivity contribution in [3.63, 3.8) is 0 Å². The number of carbonyl (C=O) groups excluding carboxylic acids is 1. The van der Waals surface area contributed by atoms with E-state index in [0.29, 0.717) is 16.9 Å². The standard InChI is InChI=1S/C17H14FNO6/c1-10(20)15-6-13(18)2-3-16(15)24-8-12-5-14(19(21)22)4-11-7-23-9-25-17(11)12/h2-6H,7-9H2,1H3. The first-order valence-electron chi connectivity index (χ1n) is 7.39. The second kappa shape index (κ2) is 6.86. The van der Waals surface area contributed by atoms with Gasteiger partial charge in [-0.25, -0.2) is 4.39 Å². The summed E-state index contributed by atoms with van der Waals surface area (Å²) in [5.41, 5.74) is 0.983. The van der Waals surface area contributed by atoms with Crippen LogP contribution in [0.2, 0.25) is 0 Å². The Kier molecular flexibility index (Phi) is 4.62. The first-order valence-corrected chi connectivity index (χ1v) is 7.39. The van der Waals surface area contributed by atoms with Gasteiger partial charge in [-0.05, 0) is 25.1 Å². The maximum Gasteiger partial charge on any atom is 0.270 e. The van der Waals surface area contributed by atoms with E-state index in [1.54, 1.807) is 0 Å². The van der Waals surface area contributed by atoms with Gasteiger partial charge in [0, 0.05) is 23.3 Å². The third-order valence-electron chi connectivity index (χ3n) is 3.69. The predicted molar refractivity (Wildman–Crippen MR) is 84.1 cm³/mol. The summed E-state index contributed by atoms with van der Waals surface area (Å²) in [5, 5.41) is 11.1. The summed E-state index contributed by atoms with van der Waals surface area (Å²) in [6.07, 6.45) is 0. The Morgan fingerprint density at radius 3 is 2.88 bits per heavy atom. The van der Waals surface area contributed by atoms with E-state index in [0.717, 1.165) is 6.07 Å². The van der Waals surface area contributed by atoms with Crippen LogP contribution in [0.1, 0.15) is 28.4 Å². The van der Waals surface area contributed by atoms with E-state index in [2.05, 4.69) is 0 Å². The summed E-state index contributed by atoms with van der Waals surface area (Å²) in [7, 11) is 0. The first-order chi connectivity index (χ1) is 12.0. The van der Waals surface area contributed by atoms with E-state index in [1.165, 1.54) is 31.2 Å². The Labute approximate surface area is 142 Å². The largest absolute Gasteiger partial charge is 0.488 e. The zero-order chi connectivity index (χ0) is 18.0. The van der Waals surface area contributed by atoms with Crippen molar-refractivity contribution in [2.24, 2.45) is 0 Å². The van der Waals surface area contributed by atoms with Crippen LogP contribution < -0.4 is 9.47 Å². The van der Waals surface area contributed by atoms with Gasteiger partial charge in [-0.3, -0.25) is 14.9 Å². The number of halogens is 1. The summed E-state index contributed by atoms with van der Waals surface area (Å²) in [5.74, 6) is -0.240. The highest BCUT2D eigenvalue weighted by atomic mass is 19.1. The number of hydrogen-bond donors (Lipinski definition) is 0. The number of non-ortho nitro benzene ring substituents is 1. The molecule has 0 aliphatic carbocycles. The lowest BCUT2D eigenvalue weighted by molar-refractivity contribution is -0.385. The van der Waals surface area contributed by atoms with Crippen molar-refractivity contribution in [2.45, 2.75) is 20.1 Å². The topological polar surface area (TPSA) is 87.9 Å². The van der Waals surface area contributed by atoms with Crippen molar-refractivity contribution in [3.05, 3.63) is 63.0 Å². The molecule has 1 aliphatic rings. The second-order valence-electron chi connectivity index (χ2n) is 5.45. The van der Waals surface area contributed by atoms with Gasteiger partial charge in [-0.1, -0.05) is 0 Å². The fourth-order valence-electron chi connectivity index (χ4n) is 2.55. The summed E-state index contributed by atoms with van der Waals surface area (Å²) in [4.78, 5) is 22.2. The zero-order valence-electron chi connectivity index (χ0n) is 13.3. The van der Waals surface area contributed by atoms with Gasteiger partial charge in [0.05, 0.1) is 17.1 Å². The van der Waals surface area contributed by atoms with Crippen LogP contribution in [-0.4, -0.2) is 17.5 Å². The summed E-state index contributed by atoms with van der Waals surface area (Å²) >= 11 is 0. The van der Waals surface area contributed by atoms with Crippen molar-refractivity contribution < 1.29 is 28.3 Å². The second-order valence-corrected chi connectivity index (χ2v) is 5.45. The lowest BCUT2D eigenvalue weighted by Crippen LogP contribution is -2.14. The average molecular weight is 347 g/mol. The molecule has 2 aromatic rings. The Balaban J connectivity index is 1.92. The molecule has 0 bridgehead atoms. The number of nitro benzene ring substituents is 1. The van der Waals surface area contributed by atoms with Crippen LogP contribution in [0.5, 0.6) is 11.5 Å². The fourth-order valence-corrected chi connectivity index (χ4v) is 2.55. The molecule has 1 heterocycles. The Bertz CT molecular complexity index is 851. The molecule has 0 aromatic heterocycles. The van der Waals surface area contributed by atoms with Gasteiger partial charge in [0.25, 0.3) is 5.69 Å². The number of carbonyl (C=O) groups is 1. The molecule has 0 spiro atoms.